The van der Waals surface area contributed by atoms with Crippen molar-refractivity contribution in [2.24, 2.45) is 0 Å². The molecule has 0 aromatic heterocycles. The quantitative estimate of drug-likeness (QED) is 0.504. The first kappa shape index (κ1) is 22.9. The Morgan fingerprint density at radius 3 is 1.45 bits per heavy atom. The predicted molar refractivity (Wildman–Crippen MR) is 35.1 cm³/mol. The molecule has 11 heavy (non-hydrogen) atoms. The molecule has 0 amide bonds. The van der Waals surface area contributed by atoms with E-state index in [1.165, 1.54) is 0 Å². The van der Waals surface area contributed by atoms with Crippen LogP contribution in [0.25, 0.3) is 0 Å². The molecule has 5 heteroatoms. The van der Waals surface area contributed by atoms with Crippen LogP contribution in [0.5, 0.6) is 0 Å². The Morgan fingerprint density at radius 1 is 1.09 bits per heavy atom. The van der Waals surface area contributed by atoms with E-state index in [1.807, 2.05) is 13.8 Å². The molecule has 3 nitrogen and oxygen atoms in total. The van der Waals surface area contributed by atoms with Crippen LogP contribution in [0.2, 0.25) is 0 Å². The first-order valence-corrected chi connectivity index (χ1v) is 2.69. The molecule has 2 radical (unpaired) electrons. The van der Waals surface area contributed by atoms with Crippen molar-refractivity contribution in [1.29, 1.82) is 0 Å². The molecule has 0 aromatic rings. The summed E-state index contributed by atoms with van der Waals surface area (Å²) in [4.78, 5) is 9.80. The molecule has 1 heterocycles. The van der Waals surface area contributed by atoms with E-state index >= 15 is 0 Å². The van der Waals surface area contributed by atoms with Gasteiger partial charge in [-0.1, -0.05) is 13.8 Å². The molecular weight excluding hydrogens is 298 g/mol. The molecule has 1 fully saturated rings. The minimum Gasteiger partial charge on any atom is -0.431 e. The summed E-state index contributed by atoms with van der Waals surface area (Å²) in [5.74, 6) is 0. The van der Waals surface area contributed by atoms with E-state index in [4.69, 9.17) is 0 Å². The zero-order valence-corrected chi connectivity index (χ0v) is 13.0. The zero-order valence-electron chi connectivity index (χ0n) is 7.29. The van der Waals surface area contributed by atoms with E-state index in [0.717, 1.165) is 0 Å². The van der Waals surface area contributed by atoms with E-state index in [1.54, 1.807) is 0 Å². The first-order valence-electron chi connectivity index (χ1n) is 2.69. The van der Waals surface area contributed by atoms with E-state index in [0.29, 0.717) is 13.2 Å². The minimum atomic E-state index is -0.546. The van der Waals surface area contributed by atoms with Gasteiger partial charge in [-0.05, 0) is 0 Å². The van der Waals surface area contributed by atoms with Crippen LogP contribution in [-0.2, 0) is 74.9 Å². The average molecular weight is 311 g/mol. The molecule has 0 saturated carbocycles. The topological polar surface area (TPSA) is 35.5 Å². The van der Waals surface area contributed by atoms with Crippen molar-refractivity contribution in [3.8, 4) is 0 Å². The molecule has 0 aromatic carbocycles. The number of hydrogen-bond acceptors (Lipinski definition) is 3. The van der Waals surface area contributed by atoms with Gasteiger partial charge < -0.3 is 16.9 Å². The van der Waals surface area contributed by atoms with Crippen LogP contribution in [0.1, 0.15) is 13.8 Å². The fourth-order valence-electron chi connectivity index (χ4n) is 0.292. The van der Waals surface area contributed by atoms with Crippen LogP contribution < -0.4 is 0 Å². The second-order valence-corrected chi connectivity index (χ2v) is 0.947. The largest absolute Gasteiger partial charge is 0.508 e. The van der Waals surface area contributed by atoms with Gasteiger partial charge in [0.25, 0.3) is 0 Å². The molecule has 0 bridgehead atoms. The number of ether oxygens (including phenoxy) is 2. The van der Waals surface area contributed by atoms with Gasteiger partial charge in [0.05, 0.1) is 0 Å². The SMILES string of the molecule is CC.O=C1OCCO1.[CH3-].[Y].[Y]. The summed E-state index contributed by atoms with van der Waals surface area (Å²) >= 11 is 0. The standard InChI is InChI=1S/C3H4O3.C2H6.CH3.2Y/c4-3-5-1-2-6-3;1-2;;;/h1-2H2;1-2H3;1H3;;/q;;-1;;. The van der Waals surface area contributed by atoms with Gasteiger partial charge in [-0.2, -0.15) is 0 Å². The van der Waals surface area contributed by atoms with Crippen molar-refractivity contribution >= 4 is 6.16 Å². The molecule has 0 spiro atoms. The summed E-state index contributed by atoms with van der Waals surface area (Å²) in [6.45, 7) is 4.83. The third-order valence-electron chi connectivity index (χ3n) is 0.523. The summed E-state index contributed by atoms with van der Waals surface area (Å²) in [7, 11) is 0. The van der Waals surface area contributed by atoms with Gasteiger partial charge in [-0.15, -0.1) is 0 Å². The molecule has 0 N–H and O–H groups in total. The smallest absolute Gasteiger partial charge is 0.431 e. The number of hydrogen-bond donors (Lipinski definition) is 0. The molecule has 1 aliphatic rings. The molecule has 0 aliphatic carbocycles. The van der Waals surface area contributed by atoms with Gasteiger partial charge in [-0.3, -0.25) is 0 Å². The normalized spacial score (nSPS) is 11.3. The van der Waals surface area contributed by atoms with Crippen LogP contribution in [0.15, 0.2) is 0 Å². The van der Waals surface area contributed by atoms with Crippen LogP contribution in [0.3, 0.4) is 0 Å². The molecule has 0 atom stereocenters. The zero-order chi connectivity index (χ0) is 6.41. The molecule has 1 saturated heterocycles. The Morgan fingerprint density at radius 2 is 1.36 bits per heavy atom. The number of rotatable bonds is 0. The number of cyclic esters (lactones) is 2. The Balaban J connectivity index is -0.0000000459. The summed E-state index contributed by atoms with van der Waals surface area (Å²) in [5, 5.41) is 0. The van der Waals surface area contributed by atoms with Crippen molar-refractivity contribution in [3.63, 3.8) is 0 Å². The van der Waals surface area contributed by atoms with Gasteiger partial charge >= 0.3 is 6.16 Å². The van der Waals surface area contributed by atoms with Gasteiger partial charge in [0, 0.05) is 65.4 Å². The van der Waals surface area contributed by atoms with Gasteiger partial charge in [0.1, 0.15) is 13.2 Å². The van der Waals surface area contributed by atoms with Crippen molar-refractivity contribution in [1.82, 2.24) is 0 Å². The third kappa shape index (κ3) is 14.3. The van der Waals surface area contributed by atoms with Crippen LogP contribution in [0, 0.1) is 7.43 Å². The minimum absolute atomic E-state index is 0. The Hall–Kier alpha value is 1.48. The Kier molecular flexibility index (Phi) is 36.5. The average Bonchev–Trinajstić information content (AvgIpc) is 2.24. The predicted octanol–water partition coefficient (Wildman–Crippen LogP) is 1.62. The van der Waals surface area contributed by atoms with Crippen LogP contribution in [0.4, 0.5) is 4.79 Å². The summed E-state index contributed by atoms with van der Waals surface area (Å²) in [5.41, 5.74) is 0. The van der Waals surface area contributed by atoms with Crippen molar-refractivity contribution < 1.29 is 79.7 Å². The summed E-state index contributed by atoms with van der Waals surface area (Å²) in [6.07, 6.45) is -0.546. The summed E-state index contributed by atoms with van der Waals surface area (Å²) in [6, 6.07) is 0. The van der Waals surface area contributed by atoms with E-state index in [2.05, 4.69) is 9.47 Å². The van der Waals surface area contributed by atoms with Gasteiger partial charge in [-0.25, -0.2) is 4.79 Å². The first-order chi connectivity index (χ1) is 3.89. The Labute approximate surface area is 119 Å². The monoisotopic (exact) mass is 311 g/mol. The van der Waals surface area contributed by atoms with Crippen molar-refractivity contribution in [2.45, 2.75) is 13.8 Å². The second-order valence-electron chi connectivity index (χ2n) is 0.947. The molecular formula is C6H13O3Y2-. The van der Waals surface area contributed by atoms with Gasteiger partial charge in [0.15, 0.2) is 0 Å². The fraction of sp³-hybridized carbons (Fsp3) is 0.667. The maximum absolute atomic E-state index is 9.80. The van der Waals surface area contributed by atoms with E-state index in [-0.39, 0.29) is 72.8 Å². The van der Waals surface area contributed by atoms with Crippen LogP contribution in [-0.4, -0.2) is 19.4 Å². The molecule has 1 aliphatic heterocycles. The molecule has 0 unspecified atom stereocenters. The summed E-state index contributed by atoms with van der Waals surface area (Å²) < 4.78 is 8.58. The van der Waals surface area contributed by atoms with Crippen molar-refractivity contribution in [2.75, 3.05) is 13.2 Å². The van der Waals surface area contributed by atoms with E-state index < -0.39 is 6.16 Å². The molecule has 1 rings (SSSR count). The van der Waals surface area contributed by atoms with E-state index in [9.17, 15) is 4.79 Å². The maximum Gasteiger partial charge on any atom is 0.508 e. The van der Waals surface area contributed by atoms with Crippen LogP contribution >= 0.6 is 0 Å². The third-order valence-corrected chi connectivity index (χ3v) is 0.523. The molecule has 62 valence electrons. The number of carbonyl (C=O) groups excluding carboxylic acids is 1. The maximum atomic E-state index is 9.80. The van der Waals surface area contributed by atoms with Crippen molar-refractivity contribution in [3.05, 3.63) is 7.43 Å². The number of carbonyl (C=O) groups is 1. The fourth-order valence-corrected chi connectivity index (χ4v) is 0.292. The Bertz CT molecular complexity index is 70.2. The second kappa shape index (κ2) is 17.5. The van der Waals surface area contributed by atoms with Gasteiger partial charge in [0.2, 0.25) is 0 Å².